The van der Waals surface area contributed by atoms with E-state index in [1.54, 1.807) is 12.1 Å². The van der Waals surface area contributed by atoms with Crippen LogP contribution in [0.5, 0.6) is 5.75 Å². The molecule has 7 heteroatoms. The van der Waals surface area contributed by atoms with Gasteiger partial charge in [-0.3, -0.25) is 9.80 Å². The quantitative estimate of drug-likeness (QED) is 0.169. The number of hydrogen-bond acceptors (Lipinski definition) is 6. The number of piperidine rings is 2. The lowest BCUT2D eigenvalue weighted by molar-refractivity contribution is 0.201. The highest BCUT2D eigenvalue weighted by atomic mass is 19.1. The summed E-state index contributed by atoms with van der Waals surface area (Å²) in [6.07, 6.45) is 8.00. The number of benzene rings is 4. The summed E-state index contributed by atoms with van der Waals surface area (Å²) in [5.74, 6) is 1.08. The van der Waals surface area contributed by atoms with E-state index >= 15 is 4.39 Å². The van der Waals surface area contributed by atoms with Gasteiger partial charge < -0.3 is 20.2 Å². The molecule has 1 aliphatic carbocycles. The van der Waals surface area contributed by atoms with Crippen LogP contribution in [0.1, 0.15) is 77.3 Å². The zero-order valence-electron chi connectivity index (χ0n) is 33.1. The fraction of sp³-hybridized carbons (Fsp3) is 0.388. The number of aryl methyl sites for hydroxylation is 1. The Morgan fingerprint density at radius 3 is 2.34 bits per heavy atom. The van der Waals surface area contributed by atoms with Gasteiger partial charge in [0, 0.05) is 81.4 Å². The second-order valence-corrected chi connectivity index (χ2v) is 16.7. The number of phenols is 1. The van der Waals surface area contributed by atoms with Gasteiger partial charge in [0.25, 0.3) is 0 Å². The summed E-state index contributed by atoms with van der Waals surface area (Å²) in [6.45, 7) is 20.3. The molecule has 0 saturated carbocycles. The zero-order chi connectivity index (χ0) is 38.8. The normalized spacial score (nSPS) is 22.2. The molecule has 4 aliphatic rings. The minimum atomic E-state index is -0.131. The number of likely N-dealkylation sites (N-methyl/N-ethyl adjacent to an activating group) is 1. The number of nitrogens with zero attached hydrogens (tertiary/aromatic N) is 4. The Labute approximate surface area is 333 Å². The second kappa shape index (κ2) is 16.7. The Morgan fingerprint density at radius 1 is 0.821 bits per heavy atom. The van der Waals surface area contributed by atoms with Crippen LogP contribution in [0.4, 0.5) is 15.8 Å². The molecule has 0 aromatic heterocycles. The maximum Gasteiger partial charge on any atom is 0.146 e. The van der Waals surface area contributed by atoms with E-state index in [4.69, 9.17) is 0 Å². The summed E-state index contributed by atoms with van der Waals surface area (Å²) in [4.78, 5) is 9.82. The number of anilines is 2. The van der Waals surface area contributed by atoms with E-state index in [2.05, 4.69) is 106 Å². The van der Waals surface area contributed by atoms with Crippen molar-refractivity contribution in [2.24, 2.45) is 5.92 Å². The molecule has 3 unspecified atom stereocenters. The van der Waals surface area contributed by atoms with Crippen molar-refractivity contribution >= 4 is 17.5 Å². The first-order valence-corrected chi connectivity index (χ1v) is 20.7. The predicted molar refractivity (Wildman–Crippen MR) is 230 cm³/mol. The van der Waals surface area contributed by atoms with E-state index in [1.165, 1.54) is 27.9 Å². The summed E-state index contributed by atoms with van der Waals surface area (Å²) < 4.78 is 16.1. The molecule has 8 rings (SSSR count). The second-order valence-electron chi connectivity index (χ2n) is 16.7. The number of phenolic OH excluding ortho intramolecular Hbond substituents is 1. The largest absolute Gasteiger partial charge is 0.508 e. The highest BCUT2D eigenvalue weighted by Gasteiger charge is 2.33. The van der Waals surface area contributed by atoms with Gasteiger partial charge in [0.05, 0.1) is 5.69 Å². The van der Waals surface area contributed by atoms with Crippen LogP contribution >= 0.6 is 0 Å². The summed E-state index contributed by atoms with van der Waals surface area (Å²) in [6, 6.07) is 29.4. The lowest BCUT2D eigenvalue weighted by Crippen LogP contribution is -2.49. The van der Waals surface area contributed by atoms with Crippen molar-refractivity contribution in [3.63, 3.8) is 0 Å². The Morgan fingerprint density at radius 2 is 1.61 bits per heavy atom. The smallest absolute Gasteiger partial charge is 0.146 e. The molecule has 3 aliphatic heterocycles. The van der Waals surface area contributed by atoms with Gasteiger partial charge in [0.1, 0.15) is 11.6 Å². The molecule has 0 radical (unpaired) electrons. The van der Waals surface area contributed by atoms with E-state index in [1.807, 2.05) is 24.3 Å². The van der Waals surface area contributed by atoms with Crippen molar-refractivity contribution in [2.45, 2.75) is 62.9 Å². The molecule has 2 N–H and O–H groups in total. The minimum Gasteiger partial charge on any atom is -0.508 e. The first-order valence-electron chi connectivity index (χ1n) is 20.7. The van der Waals surface area contributed by atoms with Gasteiger partial charge in [-0.2, -0.15) is 0 Å². The molecule has 56 heavy (non-hydrogen) atoms. The van der Waals surface area contributed by atoms with Gasteiger partial charge in [-0.05, 0) is 127 Å². The first-order chi connectivity index (χ1) is 27.2. The van der Waals surface area contributed by atoms with E-state index < -0.39 is 0 Å². The molecular weight excluding hydrogens is 694 g/mol. The SMILES string of the molecule is C=Cc1ccc(N2CCN(CC3CCN(c4ccc(C5c6ccc(O)cc6CCC5c5ccccc5)cc4F)CC3)CC2)cc1CN(C)C1CCC(=C)NC1=C. The van der Waals surface area contributed by atoms with Crippen LogP contribution in [0.2, 0.25) is 0 Å². The molecule has 0 amide bonds. The number of halogens is 1. The van der Waals surface area contributed by atoms with Crippen molar-refractivity contribution < 1.29 is 9.50 Å². The Kier molecular flexibility index (Phi) is 11.4. The van der Waals surface area contributed by atoms with Gasteiger partial charge in [0.15, 0.2) is 0 Å². The van der Waals surface area contributed by atoms with E-state index in [0.29, 0.717) is 11.7 Å². The van der Waals surface area contributed by atoms with E-state index in [9.17, 15) is 5.11 Å². The summed E-state index contributed by atoms with van der Waals surface area (Å²) >= 11 is 0. The van der Waals surface area contributed by atoms with Crippen LogP contribution < -0.4 is 15.1 Å². The predicted octanol–water partition coefficient (Wildman–Crippen LogP) is 9.29. The van der Waals surface area contributed by atoms with Crippen molar-refractivity contribution in [2.75, 3.05) is 62.7 Å². The summed E-state index contributed by atoms with van der Waals surface area (Å²) in [5.41, 5.74) is 11.2. The third-order valence-corrected chi connectivity index (χ3v) is 13.1. The number of allylic oxidation sites excluding steroid dienone is 1. The fourth-order valence-corrected chi connectivity index (χ4v) is 10.0. The number of piperazine rings is 1. The number of nitrogens with one attached hydrogen (secondary N) is 1. The number of aromatic hydroxyl groups is 1. The van der Waals surface area contributed by atoms with E-state index in [0.717, 1.165) is 119 Å². The Bertz CT molecular complexity index is 2050. The maximum absolute atomic E-state index is 16.1. The van der Waals surface area contributed by atoms with E-state index in [-0.39, 0.29) is 23.7 Å². The zero-order valence-corrected chi connectivity index (χ0v) is 33.1. The van der Waals surface area contributed by atoms with Crippen molar-refractivity contribution in [3.05, 3.63) is 155 Å². The van der Waals surface area contributed by atoms with Crippen LogP contribution in [0, 0.1) is 11.7 Å². The third kappa shape index (κ3) is 8.16. The highest BCUT2D eigenvalue weighted by molar-refractivity contribution is 5.60. The van der Waals surface area contributed by atoms with Crippen LogP contribution in [0.25, 0.3) is 6.08 Å². The molecule has 4 aromatic carbocycles. The molecule has 3 fully saturated rings. The van der Waals surface area contributed by atoms with Crippen LogP contribution in [-0.2, 0) is 13.0 Å². The van der Waals surface area contributed by atoms with Crippen LogP contribution in [-0.4, -0.2) is 73.8 Å². The van der Waals surface area contributed by atoms with Crippen LogP contribution in [0.3, 0.4) is 0 Å². The molecule has 3 atom stereocenters. The topological polar surface area (TPSA) is 45.2 Å². The number of hydrogen-bond donors (Lipinski definition) is 2. The number of rotatable bonds is 10. The molecule has 0 spiro atoms. The average molecular weight is 752 g/mol. The van der Waals surface area contributed by atoms with Gasteiger partial charge >= 0.3 is 0 Å². The molecule has 3 heterocycles. The summed E-state index contributed by atoms with van der Waals surface area (Å²) in [5, 5.41) is 13.6. The third-order valence-electron chi connectivity index (χ3n) is 13.1. The standard InChI is InChI=1S/C49H58FN5O/c1-5-37-12-15-42(29-41(37)33-52(4)47-19-11-34(2)51-35(47)3)54-27-25-53(26-28-54)32-36-21-23-55(24-22-36)48-20-14-40(31-46(48)50)49-44(38-9-7-6-8-10-38)17-13-39-30-43(56)16-18-45(39)49/h5-10,12,14-16,18,20,29-31,36,44,47,49,51,56H,1-3,11,13,17,19,21-28,32-33H2,4H3. The molecule has 3 saturated heterocycles. The Balaban J connectivity index is 0.859. The van der Waals surface area contributed by atoms with Gasteiger partial charge in [-0.1, -0.05) is 74.3 Å². The van der Waals surface area contributed by atoms with Gasteiger partial charge in [-0.25, -0.2) is 4.39 Å². The molecule has 4 aromatic rings. The van der Waals surface area contributed by atoms with Gasteiger partial charge in [0.2, 0.25) is 0 Å². The highest BCUT2D eigenvalue weighted by Crippen LogP contribution is 2.47. The van der Waals surface area contributed by atoms with Crippen molar-refractivity contribution in [1.82, 2.24) is 15.1 Å². The first kappa shape index (κ1) is 38.0. The fourth-order valence-electron chi connectivity index (χ4n) is 10.0. The van der Waals surface area contributed by atoms with Crippen LogP contribution in [0.15, 0.2) is 116 Å². The van der Waals surface area contributed by atoms with Crippen molar-refractivity contribution in [1.29, 1.82) is 0 Å². The Hall–Kier alpha value is -4.85. The number of fused-ring (bicyclic) bond motifs is 1. The minimum absolute atomic E-state index is 0.0400. The van der Waals surface area contributed by atoms with Crippen molar-refractivity contribution in [3.8, 4) is 5.75 Å². The average Bonchev–Trinajstić information content (AvgIpc) is 3.21. The molecule has 6 nitrogen and oxygen atoms in total. The maximum atomic E-state index is 16.1. The molecular formula is C49H58FN5O. The molecule has 292 valence electrons. The lowest BCUT2D eigenvalue weighted by atomic mass is 9.69. The summed E-state index contributed by atoms with van der Waals surface area (Å²) in [7, 11) is 2.19. The lowest BCUT2D eigenvalue weighted by Gasteiger charge is -2.40. The van der Waals surface area contributed by atoms with Gasteiger partial charge in [-0.15, -0.1) is 0 Å². The molecule has 0 bridgehead atoms. The monoisotopic (exact) mass is 751 g/mol.